The van der Waals surface area contributed by atoms with Crippen LogP contribution in [0.15, 0.2) is 18.3 Å². The molecule has 1 unspecified atom stereocenters. The van der Waals surface area contributed by atoms with Gasteiger partial charge < -0.3 is 15.4 Å². The summed E-state index contributed by atoms with van der Waals surface area (Å²) < 4.78 is 41.2. The lowest BCUT2D eigenvalue weighted by molar-refractivity contribution is -0.154. The number of aromatic nitrogens is 1. The van der Waals surface area contributed by atoms with Crippen molar-refractivity contribution in [2.45, 2.75) is 25.1 Å². The maximum atomic E-state index is 12.2. The second-order valence-electron chi connectivity index (χ2n) is 4.78. The molecule has 0 saturated carbocycles. The van der Waals surface area contributed by atoms with E-state index in [0.717, 1.165) is 19.4 Å². The third-order valence-corrected chi connectivity index (χ3v) is 3.02. The van der Waals surface area contributed by atoms with Crippen molar-refractivity contribution in [1.82, 2.24) is 15.6 Å². The van der Waals surface area contributed by atoms with Crippen LogP contribution in [0.1, 0.15) is 23.2 Å². The minimum Gasteiger partial charge on any atom is -0.467 e. The summed E-state index contributed by atoms with van der Waals surface area (Å²) in [5.74, 6) is -0.787. The second-order valence-corrected chi connectivity index (χ2v) is 4.78. The Kier molecular flexibility index (Phi) is 9.26. The first-order valence-corrected chi connectivity index (χ1v) is 6.62. The Hall–Kier alpha value is -1.25. The predicted octanol–water partition coefficient (Wildman–Crippen LogP) is 2.35. The van der Waals surface area contributed by atoms with Crippen LogP contribution in [0.2, 0.25) is 0 Å². The van der Waals surface area contributed by atoms with Gasteiger partial charge in [0.15, 0.2) is 6.61 Å². The van der Waals surface area contributed by atoms with Gasteiger partial charge in [-0.15, -0.1) is 24.8 Å². The molecular weight excluding hydrogens is 358 g/mol. The van der Waals surface area contributed by atoms with Gasteiger partial charge in [-0.05, 0) is 31.5 Å². The molecule has 0 aliphatic carbocycles. The van der Waals surface area contributed by atoms with Crippen molar-refractivity contribution in [3.05, 3.63) is 23.9 Å². The van der Waals surface area contributed by atoms with Crippen LogP contribution >= 0.6 is 24.8 Å². The molecule has 0 bridgehead atoms. The molecule has 132 valence electrons. The molecule has 2 heterocycles. The number of ether oxygens (including phenoxy) is 1. The Bertz CT molecular complexity index is 498. The molecule has 0 aromatic carbocycles. The van der Waals surface area contributed by atoms with E-state index in [1.54, 1.807) is 0 Å². The molecule has 1 aromatic heterocycles. The smallest absolute Gasteiger partial charge is 0.422 e. The summed E-state index contributed by atoms with van der Waals surface area (Å²) in [5.41, 5.74) is 0.00678. The van der Waals surface area contributed by atoms with Gasteiger partial charge in [0.25, 0.3) is 5.91 Å². The first kappa shape index (κ1) is 21.8. The van der Waals surface area contributed by atoms with Gasteiger partial charge >= 0.3 is 6.18 Å². The number of hydrogen-bond donors (Lipinski definition) is 2. The fourth-order valence-corrected chi connectivity index (χ4v) is 2.07. The van der Waals surface area contributed by atoms with Gasteiger partial charge in [0.2, 0.25) is 5.88 Å². The number of rotatable bonds is 4. The molecule has 1 aliphatic heterocycles. The first-order chi connectivity index (χ1) is 9.96. The number of pyridine rings is 1. The number of alkyl halides is 3. The fraction of sp³-hybridized carbons (Fsp3) is 0.538. The van der Waals surface area contributed by atoms with E-state index in [9.17, 15) is 18.0 Å². The molecular formula is C13H18Cl2F3N3O2. The van der Waals surface area contributed by atoms with E-state index in [1.807, 2.05) is 0 Å². The van der Waals surface area contributed by atoms with Crippen LogP contribution in [0.4, 0.5) is 13.2 Å². The summed E-state index contributed by atoms with van der Waals surface area (Å²) in [6.07, 6.45) is -1.42. The Labute approximate surface area is 144 Å². The van der Waals surface area contributed by atoms with Crippen LogP contribution in [0.5, 0.6) is 5.88 Å². The summed E-state index contributed by atoms with van der Waals surface area (Å²) in [4.78, 5) is 15.8. The van der Waals surface area contributed by atoms with Gasteiger partial charge in [-0.3, -0.25) is 4.79 Å². The van der Waals surface area contributed by atoms with E-state index in [2.05, 4.69) is 20.4 Å². The summed E-state index contributed by atoms with van der Waals surface area (Å²) in [6, 6.07) is 2.83. The third kappa shape index (κ3) is 7.24. The van der Waals surface area contributed by atoms with Crippen LogP contribution in [0.25, 0.3) is 0 Å². The van der Waals surface area contributed by atoms with Crippen molar-refractivity contribution in [2.24, 2.45) is 0 Å². The van der Waals surface area contributed by atoms with E-state index in [-0.39, 0.29) is 42.3 Å². The van der Waals surface area contributed by atoms with Crippen molar-refractivity contribution < 1.29 is 22.7 Å². The molecule has 0 radical (unpaired) electrons. The lowest BCUT2D eigenvalue weighted by Gasteiger charge is -2.24. The van der Waals surface area contributed by atoms with Crippen molar-refractivity contribution >= 4 is 30.7 Å². The van der Waals surface area contributed by atoms with Gasteiger partial charge in [-0.2, -0.15) is 13.2 Å². The van der Waals surface area contributed by atoms with Gasteiger partial charge in [0, 0.05) is 18.8 Å². The van der Waals surface area contributed by atoms with E-state index < -0.39 is 18.7 Å². The van der Waals surface area contributed by atoms with Crippen LogP contribution in [0, 0.1) is 0 Å². The molecule has 23 heavy (non-hydrogen) atoms. The molecule has 10 heteroatoms. The lowest BCUT2D eigenvalue weighted by Crippen LogP contribution is -2.45. The number of nitrogens with one attached hydrogen (secondary N) is 2. The summed E-state index contributed by atoms with van der Waals surface area (Å²) in [7, 11) is 0. The highest BCUT2D eigenvalue weighted by Gasteiger charge is 2.30. The van der Waals surface area contributed by atoms with E-state index in [4.69, 9.17) is 0 Å². The minimum absolute atomic E-state index is 0. The van der Waals surface area contributed by atoms with Crippen molar-refractivity contribution in [2.75, 3.05) is 19.7 Å². The molecule has 1 fully saturated rings. The Morgan fingerprint density at radius 3 is 2.78 bits per heavy atom. The number of hydrogen-bond acceptors (Lipinski definition) is 4. The average molecular weight is 376 g/mol. The zero-order valence-corrected chi connectivity index (χ0v) is 13.7. The molecule has 1 atom stereocenters. The number of nitrogens with zero attached hydrogens (tertiary/aromatic N) is 1. The van der Waals surface area contributed by atoms with E-state index in [1.165, 1.54) is 18.3 Å². The Morgan fingerprint density at radius 1 is 1.43 bits per heavy atom. The van der Waals surface area contributed by atoms with Crippen LogP contribution in [0.3, 0.4) is 0 Å². The minimum atomic E-state index is -4.47. The summed E-state index contributed by atoms with van der Waals surface area (Å²) in [5, 5.41) is 5.91. The van der Waals surface area contributed by atoms with Gasteiger partial charge in [0.05, 0.1) is 0 Å². The standard InChI is InChI=1S/C13H16F3N3O2.2ClH/c14-13(15,16)8-21-12-10(4-2-6-18-12)11(20)19-9-3-1-5-17-7-9;;/h2,4,6,9,17H,1,3,5,7-8H2,(H,19,20);2*1H. The molecule has 1 amide bonds. The van der Waals surface area contributed by atoms with E-state index in [0.29, 0.717) is 6.54 Å². The zero-order chi connectivity index (χ0) is 15.3. The second kappa shape index (κ2) is 9.79. The molecule has 1 aromatic rings. The fourth-order valence-electron chi connectivity index (χ4n) is 2.07. The average Bonchev–Trinajstić information content (AvgIpc) is 2.46. The van der Waals surface area contributed by atoms with Gasteiger partial charge in [-0.1, -0.05) is 0 Å². The maximum Gasteiger partial charge on any atom is 0.422 e. The third-order valence-electron chi connectivity index (χ3n) is 3.02. The first-order valence-electron chi connectivity index (χ1n) is 6.62. The van der Waals surface area contributed by atoms with Crippen molar-refractivity contribution in [1.29, 1.82) is 0 Å². The van der Waals surface area contributed by atoms with Gasteiger partial charge in [-0.25, -0.2) is 4.98 Å². The number of carbonyl (C=O) groups is 1. The van der Waals surface area contributed by atoms with Crippen molar-refractivity contribution in [3.63, 3.8) is 0 Å². The topological polar surface area (TPSA) is 63.2 Å². The predicted molar refractivity (Wildman–Crippen MR) is 83.6 cm³/mol. The highest BCUT2D eigenvalue weighted by Crippen LogP contribution is 2.20. The van der Waals surface area contributed by atoms with Crippen LogP contribution < -0.4 is 15.4 Å². The number of piperidine rings is 1. The van der Waals surface area contributed by atoms with Crippen LogP contribution in [-0.4, -0.2) is 42.8 Å². The number of halogens is 5. The largest absolute Gasteiger partial charge is 0.467 e. The van der Waals surface area contributed by atoms with E-state index >= 15 is 0 Å². The van der Waals surface area contributed by atoms with Gasteiger partial charge in [0.1, 0.15) is 5.56 Å². The normalized spacial score (nSPS) is 17.4. The van der Waals surface area contributed by atoms with Crippen LogP contribution in [-0.2, 0) is 0 Å². The Balaban J connectivity index is 0.00000242. The number of amides is 1. The molecule has 1 saturated heterocycles. The Morgan fingerprint density at radius 2 is 2.17 bits per heavy atom. The number of carbonyl (C=O) groups excluding carboxylic acids is 1. The zero-order valence-electron chi connectivity index (χ0n) is 12.1. The quantitative estimate of drug-likeness (QED) is 0.847. The SMILES string of the molecule is Cl.Cl.O=C(NC1CCCNC1)c1cccnc1OCC(F)(F)F. The summed E-state index contributed by atoms with van der Waals surface area (Å²) in [6.45, 7) is 0.0687. The molecule has 1 aliphatic rings. The molecule has 2 rings (SSSR count). The summed E-state index contributed by atoms with van der Waals surface area (Å²) >= 11 is 0. The lowest BCUT2D eigenvalue weighted by atomic mass is 10.1. The highest BCUT2D eigenvalue weighted by molar-refractivity contribution is 5.96. The molecule has 2 N–H and O–H groups in total. The maximum absolute atomic E-state index is 12.2. The monoisotopic (exact) mass is 375 g/mol. The van der Waals surface area contributed by atoms with Crippen molar-refractivity contribution in [3.8, 4) is 5.88 Å². The molecule has 5 nitrogen and oxygen atoms in total. The molecule has 0 spiro atoms. The highest BCUT2D eigenvalue weighted by atomic mass is 35.5.